The van der Waals surface area contributed by atoms with Crippen molar-refractivity contribution < 1.29 is 4.79 Å². The molecular formula is C20H23ClN4O. The van der Waals surface area contributed by atoms with Gasteiger partial charge in [-0.05, 0) is 74.5 Å². The Morgan fingerprint density at radius 1 is 1.23 bits per heavy atom. The standard InChI is InChI=1S/C20H23ClN4O/c21-17-6-16(23)1-2-18(17)25-19(26)15(10-22)11-24-20-7-12-3-13(8-20)5-14(4-12)9-20/h1-2,6,11-14,24H,3-5,7-9,23H2,(H,25,26)/b15-11-. The molecule has 4 N–H and O–H groups in total. The van der Waals surface area contributed by atoms with Crippen LogP contribution in [0, 0.1) is 29.1 Å². The molecule has 4 aliphatic carbocycles. The summed E-state index contributed by atoms with van der Waals surface area (Å²) >= 11 is 6.10. The van der Waals surface area contributed by atoms with E-state index in [0.717, 1.165) is 37.0 Å². The van der Waals surface area contributed by atoms with Gasteiger partial charge >= 0.3 is 0 Å². The first kappa shape index (κ1) is 17.2. The summed E-state index contributed by atoms with van der Waals surface area (Å²) in [6.07, 6.45) is 9.12. The van der Waals surface area contributed by atoms with Crippen LogP contribution in [0.1, 0.15) is 38.5 Å². The molecule has 0 aromatic heterocycles. The van der Waals surface area contributed by atoms with Gasteiger partial charge < -0.3 is 16.4 Å². The lowest BCUT2D eigenvalue weighted by Crippen LogP contribution is -2.57. The molecule has 26 heavy (non-hydrogen) atoms. The Morgan fingerprint density at radius 3 is 2.38 bits per heavy atom. The average Bonchev–Trinajstić information content (AvgIpc) is 2.56. The third kappa shape index (κ3) is 3.26. The second-order valence-electron chi connectivity index (χ2n) is 8.21. The number of nitrogen functional groups attached to an aromatic ring is 1. The first-order chi connectivity index (χ1) is 12.5. The van der Waals surface area contributed by atoms with E-state index >= 15 is 0 Å². The number of amides is 1. The van der Waals surface area contributed by atoms with E-state index < -0.39 is 5.91 Å². The number of anilines is 2. The zero-order valence-corrected chi connectivity index (χ0v) is 15.4. The van der Waals surface area contributed by atoms with E-state index in [-0.39, 0.29) is 11.1 Å². The maximum Gasteiger partial charge on any atom is 0.267 e. The van der Waals surface area contributed by atoms with Gasteiger partial charge in [0.15, 0.2) is 0 Å². The van der Waals surface area contributed by atoms with Gasteiger partial charge in [-0.1, -0.05) is 11.6 Å². The molecule has 5 nitrogen and oxygen atoms in total. The lowest BCUT2D eigenvalue weighted by Gasteiger charge is -2.56. The molecule has 0 radical (unpaired) electrons. The lowest BCUT2D eigenvalue weighted by molar-refractivity contribution is -0.112. The van der Waals surface area contributed by atoms with Crippen LogP contribution in [0.15, 0.2) is 30.0 Å². The molecule has 0 aliphatic heterocycles. The number of hydrogen-bond acceptors (Lipinski definition) is 4. The second-order valence-corrected chi connectivity index (χ2v) is 8.61. The number of rotatable bonds is 4. The summed E-state index contributed by atoms with van der Waals surface area (Å²) < 4.78 is 0. The number of hydrogen-bond donors (Lipinski definition) is 3. The zero-order valence-electron chi connectivity index (χ0n) is 14.6. The van der Waals surface area contributed by atoms with Crippen LogP contribution in [0.4, 0.5) is 11.4 Å². The van der Waals surface area contributed by atoms with E-state index in [1.54, 1.807) is 24.4 Å². The molecule has 0 saturated heterocycles. The van der Waals surface area contributed by atoms with Crippen LogP contribution in [0.5, 0.6) is 0 Å². The van der Waals surface area contributed by atoms with Crippen LogP contribution in [0.25, 0.3) is 0 Å². The van der Waals surface area contributed by atoms with Gasteiger partial charge in [-0.2, -0.15) is 5.26 Å². The van der Waals surface area contributed by atoms with Crippen LogP contribution in [-0.4, -0.2) is 11.4 Å². The van der Waals surface area contributed by atoms with Crippen molar-refractivity contribution >= 4 is 28.9 Å². The molecule has 1 aromatic rings. The van der Waals surface area contributed by atoms with Crippen molar-refractivity contribution in [2.24, 2.45) is 17.8 Å². The number of carbonyl (C=O) groups excluding carboxylic acids is 1. The highest BCUT2D eigenvalue weighted by Crippen LogP contribution is 2.55. The minimum atomic E-state index is -0.462. The largest absolute Gasteiger partial charge is 0.399 e. The summed E-state index contributed by atoms with van der Waals surface area (Å²) in [7, 11) is 0. The van der Waals surface area contributed by atoms with Gasteiger partial charge in [-0.25, -0.2) is 0 Å². The van der Waals surface area contributed by atoms with Gasteiger partial charge in [0.1, 0.15) is 11.6 Å². The van der Waals surface area contributed by atoms with E-state index in [9.17, 15) is 10.1 Å². The number of nitriles is 1. The maximum atomic E-state index is 12.5. The summed E-state index contributed by atoms with van der Waals surface area (Å²) in [5.41, 5.74) is 6.76. The highest BCUT2D eigenvalue weighted by Gasteiger charge is 2.50. The number of halogens is 1. The molecular weight excluding hydrogens is 348 g/mol. The number of nitrogens with two attached hydrogens (primary N) is 1. The first-order valence-corrected chi connectivity index (χ1v) is 9.58. The number of nitrogens with zero attached hydrogens (tertiary/aromatic N) is 1. The molecule has 136 valence electrons. The Kier molecular flexibility index (Phi) is 4.32. The van der Waals surface area contributed by atoms with Crippen LogP contribution in [-0.2, 0) is 4.79 Å². The molecule has 0 atom stereocenters. The molecule has 4 bridgehead atoms. The second kappa shape index (κ2) is 6.51. The minimum Gasteiger partial charge on any atom is -0.399 e. The number of carbonyl (C=O) groups is 1. The van der Waals surface area contributed by atoms with Crippen molar-refractivity contribution in [1.29, 1.82) is 5.26 Å². The smallest absolute Gasteiger partial charge is 0.267 e. The SMILES string of the molecule is N#C/C(=C/NC12CC3CC(CC(C3)C1)C2)C(=O)Nc1ccc(N)cc1Cl. The Labute approximate surface area is 158 Å². The molecule has 1 amide bonds. The van der Waals surface area contributed by atoms with Crippen molar-refractivity contribution in [3.8, 4) is 6.07 Å². The van der Waals surface area contributed by atoms with E-state index in [0.29, 0.717) is 16.4 Å². The fourth-order valence-electron chi connectivity index (χ4n) is 5.48. The Morgan fingerprint density at radius 2 is 1.85 bits per heavy atom. The average molecular weight is 371 g/mol. The highest BCUT2D eigenvalue weighted by molar-refractivity contribution is 6.34. The Balaban J connectivity index is 1.47. The Hall–Kier alpha value is -2.19. The fourth-order valence-corrected chi connectivity index (χ4v) is 5.72. The van der Waals surface area contributed by atoms with E-state index in [1.807, 2.05) is 6.07 Å². The fraction of sp³-hybridized carbons (Fsp3) is 0.500. The van der Waals surface area contributed by atoms with Crippen molar-refractivity contribution in [1.82, 2.24) is 5.32 Å². The van der Waals surface area contributed by atoms with Crippen LogP contribution in [0.2, 0.25) is 5.02 Å². The quantitative estimate of drug-likeness (QED) is 0.426. The summed E-state index contributed by atoms with van der Waals surface area (Å²) in [6, 6.07) is 6.87. The molecule has 0 spiro atoms. The van der Waals surface area contributed by atoms with E-state index in [1.165, 1.54) is 19.3 Å². The van der Waals surface area contributed by atoms with Crippen molar-refractivity contribution in [3.05, 3.63) is 35.0 Å². The first-order valence-electron chi connectivity index (χ1n) is 9.21. The third-order valence-electron chi connectivity index (χ3n) is 6.17. The van der Waals surface area contributed by atoms with Gasteiger partial charge in [0.05, 0.1) is 10.7 Å². The lowest BCUT2D eigenvalue weighted by atomic mass is 9.53. The van der Waals surface area contributed by atoms with Crippen LogP contribution >= 0.6 is 11.6 Å². The predicted octanol–water partition coefficient (Wildman–Crippen LogP) is 3.83. The molecule has 0 unspecified atom stereocenters. The third-order valence-corrected chi connectivity index (χ3v) is 6.48. The Bertz CT molecular complexity index is 775. The van der Waals surface area contributed by atoms with E-state index in [4.69, 9.17) is 17.3 Å². The van der Waals surface area contributed by atoms with Crippen LogP contribution in [0.3, 0.4) is 0 Å². The highest BCUT2D eigenvalue weighted by atomic mass is 35.5. The molecule has 0 heterocycles. The molecule has 4 saturated carbocycles. The van der Waals surface area contributed by atoms with Crippen molar-refractivity contribution in [2.75, 3.05) is 11.1 Å². The number of nitrogens with one attached hydrogen (secondary N) is 2. The summed E-state index contributed by atoms with van der Waals surface area (Å²) in [5.74, 6) is 1.94. The van der Waals surface area contributed by atoms with Gasteiger partial charge in [0, 0.05) is 17.4 Å². The van der Waals surface area contributed by atoms with Crippen molar-refractivity contribution in [3.63, 3.8) is 0 Å². The normalized spacial score (nSPS) is 32.2. The molecule has 6 heteroatoms. The van der Waals surface area contributed by atoms with E-state index in [2.05, 4.69) is 10.6 Å². The van der Waals surface area contributed by atoms with Gasteiger partial charge in [-0.15, -0.1) is 0 Å². The summed E-state index contributed by atoms with van der Waals surface area (Å²) in [4.78, 5) is 12.5. The zero-order chi connectivity index (χ0) is 18.3. The van der Waals surface area contributed by atoms with Crippen molar-refractivity contribution in [2.45, 2.75) is 44.1 Å². The van der Waals surface area contributed by atoms with Gasteiger partial charge in [-0.3, -0.25) is 4.79 Å². The molecule has 4 fully saturated rings. The molecule has 1 aromatic carbocycles. The topological polar surface area (TPSA) is 90.9 Å². The number of benzene rings is 1. The van der Waals surface area contributed by atoms with Gasteiger partial charge in [0.25, 0.3) is 5.91 Å². The maximum absolute atomic E-state index is 12.5. The summed E-state index contributed by atoms with van der Waals surface area (Å²) in [6.45, 7) is 0. The summed E-state index contributed by atoms with van der Waals surface area (Å²) in [5, 5.41) is 15.9. The van der Waals surface area contributed by atoms with Crippen LogP contribution < -0.4 is 16.4 Å². The monoisotopic (exact) mass is 370 g/mol. The minimum absolute atomic E-state index is 0.0636. The van der Waals surface area contributed by atoms with Gasteiger partial charge in [0.2, 0.25) is 0 Å². The molecule has 5 rings (SSSR count). The molecule has 4 aliphatic rings. The predicted molar refractivity (Wildman–Crippen MR) is 102 cm³/mol.